The minimum absolute atomic E-state index is 0.103. The predicted octanol–water partition coefficient (Wildman–Crippen LogP) is 2.70. The summed E-state index contributed by atoms with van der Waals surface area (Å²) in [5.41, 5.74) is 6.42. The van der Waals surface area contributed by atoms with Crippen molar-refractivity contribution in [2.24, 2.45) is 0 Å². The van der Waals surface area contributed by atoms with E-state index in [4.69, 9.17) is 38.4 Å². The normalized spacial score (nSPS) is 12.2. The van der Waals surface area contributed by atoms with Gasteiger partial charge in [0.2, 0.25) is 0 Å². The third kappa shape index (κ3) is 4.74. The highest BCUT2D eigenvalue weighted by molar-refractivity contribution is 6.43. The van der Waals surface area contributed by atoms with Gasteiger partial charge in [0.1, 0.15) is 0 Å². The maximum Gasteiger partial charge on any atom is 0.254 e. The molecule has 0 aliphatic rings. The zero-order valence-electron chi connectivity index (χ0n) is 12.4. The quantitative estimate of drug-likeness (QED) is 0.778. The maximum atomic E-state index is 12.6. The van der Waals surface area contributed by atoms with Crippen LogP contribution in [0.3, 0.4) is 0 Å². The highest BCUT2D eigenvalue weighted by atomic mass is 35.5. The van der Waals surface area contributed by atoms with Gasteiger partial charge in [-0.05, 0) is 19.1 Å². The number of hydrogen-bond donors (Lipinski definition) is 1. The van der Waals surface area contributed by atoms with Gasteiger partial charge < -0.3 is 20.1 Å². The highest BCUT2D eigenvalue weighted by Crippen LogP contribution is 2.30. The van der Waals surface area contributed by atoms with Gasteiger partial charge in [-0.2, -0.15) is 0 Å². The summed E-state index contributed by atoms with van der Waals surface area (Å²) in [6.07, 6.45) is 0. The molecule has 0 saturated heterocycles. The van der Waals surface area contributed by atoms with Crippen LogP contribution in [0, 0.1) is 0 Å². The lowest BCUT2D eigenvalue weighted by atomic mass is 10.1. The Kier molecular flexibility index (Phi) is 7.25. The van der Waals surface area contributed by atoms with Crippen LogP contribution in [0.15, 0.2) is 12.1 Å². The van der Waals surface area contributed by atoms with Crippen LogP contribution in [0.2, 0.25) is 10.0 Å². The Labute approximate surface area is 134 Å². The number of ether oxygens (including phenoxy) is 2. The summed E-state index contributed by atoms with van der Waals surface area (Å²) in [5, 5.41) is 0.507. The first kappa shape index (κ1) is 18.0. The van der Waals surface area contributed by atoms with Crippen molar-refractivity contribution in [3.63, 3.8) is 0 Å². The summed E-state index contributed by atoms with van der Waals surface area (Å²) < 4.78 is 10.2. The van der Waals surface area contributed by atoms with Crippen LogP contribution in [0.1, 0.15) is 17.3 Å². The molecule has 1 atom stereocenters. The Bertz CT molecular complexity index is 474. The lowest BCUT2D eigenvalue weighted by molar-refractivity contribution is 0.0479. The SMILES string of the molecule is COCCN(C(=O)c1cc(N)c(Cl)c(Cl)c1)C(C)COC. The van der Waals surface area contributed by atoms with Crippen molar-refractivity contribution in [1.82, 2.24) is 4.90 Å². The highest BCUT2D eigenvalue weighted by Gasteiger charge is 2.22. The van der Waals surface area contributed by atoms with Crippen LogP contribution < -0.4 is 5.73 Å². The Morgan fingerprint density at radius 2 is 2.00 bits per heavy atom. The number of nitrogens with two attached hydrogens (primary N) is 1. The molecule has 0 saturated carbocycles. The second-order valence-electron chi connectivity index (χ2n) is 4.66. The maximum absolute atomic E-state index is 12.6. The summed E-state index contributed by atoms with van der Waals surface area (Å²) in [6, 6.07) is 2.94. The van der Waals surface area contributed by atoms with Crippen molar-refractivity contribution in [2.45, 2.75) is 13.0 Å². The molecule has 0 aliphatic heterocycles. The number of halogens is 2. The first-order chi connectivity index (χ1) is 9.92. The van der Waals surface area contributed by atoms with E-state index in [-0.39, 0.29) is 27.7 Å². The molecule has 1 rings (SSSR count). The second-order valence-corrected chi connectivity index (χ2v) is 5.44. The Morgan fingerprint density at radius 3 is 2.52 bits per heavy atom. The van der Waals surface area contributed by atoms with Crippen molar-refractivity contribution in [2.75, 3.05) is 39.7 Å². The molecule has 0 radical (unpaired) electrons. The lowest BCUT2D eigenvalue weighted by Gasteiger charge is -2.29. The van der Waals surface area contributed by atoms with Gasteiger partial charge in [-0.15, -0.1) is 0 Å². The first-order valence-corrected chi connectivity index (χ1v) is 7.21. The van der Waals surface area contributed by atoms with Gasteiger partial charge in [0.15, 0.2) is 0 Å². The summed E-state index contributed by atoms with van der Waals surface area (Å²) in [5.74, 6) is -0.193. The standard InChI is InChI=1S/C14H20Cl2N2O3/c1-9(8-21-3)18(4-5-20-2)14(19)10-6-11(15)13(16)12(17)7-10/h6-7,9H,4-5,8,17H2,1-3H3. The molecule has 118 valence electrons. The van der Waals surface area contributed by atoms with Crippen LogP contribution in [0.25, 0.3) is 0 Å². The Balaban J connectivity index is 3.04. The molecule has 0 bridgehead atoms. The molecule has 1 aromatic carbocycles. The molecule has 21 heavy (non-hydrogen) atoms. The lowest BCUT2D eigenvalue weighted by Crippen LogP contribution is -2.43. The zero-order chi connectivity index (χ0) is 16.0. The van der Waals surface area contributed by atoms with Crippen LogP contribution in [0.4, 0.5) is 5.69 Å². The molecule has 5 nitrogen and oxygen atoms in total. The van der Waals surface area contributed by atoms with E-state index in [2.05, 4.69) is 0 Å². The van der Waals surface area contributed by atoms with Crippen LogP contribution in [-0.2, 0) is 9.47 Å². The zero-order valence-corrected chi connectivity index (χ0v) is 13.9. The Hall–Kier alpha value is -1.01. The van der Waals surface area contributed by atoms with Gasteiger partial charge in [-0.25, -0.2) is 0 Å². The monoisotopic (exact) mass is 334 g/mol. The first-order valence-electron chi connectivity index (χ1n) is 6.45. The summed E-state index contributed by atoms with van der Waals surface area (Å²) in [7, 11) is 3.17. The van der Waals surface area contributed by atoms with Gasteiger partial charge in [0.05, 0.1) is 35.0 Å². The van der Waals surface area contributed by atoms with E-state index in [0.29, 0.717) is 25.3 Å². The van der Waals surface area contributed by atoms with Crippen molar-refractivity contribution in [3.05, 3.63) is 27.7 Å². The molecule has 1 aromatic rings. The average molecular weight is 335 g/mol. The average Bonchev–Trinajstić information content (AvgIpc) is 2.44. The predicted molar refractivity (Wildman–Crippen MR) is 85.1 cm³/mol. The number of nitrogen functional groups attached to an aromatic ring is 1. The van der Waals surface area contributed by atoms with Crippen LogP contribution in [-0.4, -0.2) is 50.8 Å². The van der Waals surface area contributed by atoms with Crippen molar-refractivity contribution >= 4 is 34.8 Å². The van der Waals surface area contributed by atoms with Crippen molar-refractivity contribution in [1.29, 1.82) is 0 Å². The fraction of sp³-hybridized carbons (Fsp3) is 0.500. The van der Waals surface area contributed by atoms with E-state index < -0.39 is 0 Å². The van der Waals surface area contributed by atoms with E-state index in [1.54, 1.807) is 19.1 Å². The van der Waals surface area contributed by atoms with Gasteiger partial charge in [-0.3, -0.25) is 4.79 Å². The number of rotatable bonds is 7. The van der Waals surface area contributed by atoms with E-state index in [9.17, 15) is 4.79 Å². The smallest absolute Gasteiger partial charge is 0.254 e. The molecule has 7 heteroatoms. The number of hydrogen-bond acceptors (Lipinski definition) is 4. The van der Waals surface area contributed by atoms with E-state index in [0.717, 1.165) is 0 Å². The number of anilines is 1. The van der Waals surface area contributed by atoms with Gasteiger partial charge in [0, 0.05) is 26.3 Å². The molecule has 0 fully saturated rings. The van der Waals surface area contributed by atoms with E-state index in [1.807, 2.05) is 6.92 Å². The third-order valence-electron chi connectivity index (χ3n) is 3.04. The van der Waals surface area contributed by atoms with E-state index >= 15 is 0 Å². The number of nitrogens with zero attached hydrogens (tertiary/aromatic N) is 1. The van der Waals surface area contributed by atoms with Crippen molar-refractivity contribution < 1.29 is 14.3 Å². The van der Waals surface area contributed by atoms with Crippen molar-refractivity contribution in [3.8, 4) is 0 Å². The third-order valence-corrected chi connectivity index (χ3v) is 3.86. The topological polar surface area (TPSA) is 64.8 Å². The Morgan fingerprint density at radius 1 is 1.33 bits per heavy atom. The molecule has 0 aromatic heterocycles. The number of amides is 1. The molecule has 1 unspecified atom stereocenters. The molecule has 0 aliphatic carbocycles. The molecule has 0 heterocycles. The summed E-state index contributed by atoms with van der Waals surface area (Å²) >= 11 is 11.9. The van der Waals surface area contributed by atoms with Gasteiger partial charge in [0.25, 0.3) is 5.91 Å². The van der Waals surface area contributed by atoms with Crippen LogP contribution >= 0.6 is 23.2 Å². The second kappa shape index (κ2) is 8.44. The molecule has 0 spiro atoms. The number of carbonyl (C=O) groups is 1. The fourth-order valence-electron chi connectivity index (χ4n) is 1.94. The minimum Gasteiger partial charge on any atom is -0.397 e. The number of carbonyl (C=O) groups excluding carboxylic acids is 1. The van der Waals surface area contributed by atoms with Gasteiger partial charge >= 0.3 is 0 Å². The summed E-state index contributed by atoms with van der Waals surface area (Å²) in [4.78, 5) is 14.3. The number of benzene rings is 1. The number of methoxy groups -OCH3 is 2. The molecular formula is C14H20Cl2N2O3. The molecule has 1 amide bonds. The largest absolute Gasteiger partial charge is 0.397 e. The van der Waals surface area contributed by atoms with Gasteiger partial charge in [-0.1, -0.05) is 23.2 Å². The fourth-order valence-corrected chi connectivity index (χ4v) is 2.28. The van der Waals surface area contributed by atoms with Crippen LogP contribution in [0.5, 0.6) is 0 Å². The molecular weight excluding hydrogens is 315 g/mol. The van der Waals surface area contributed by atoms with E-state index in [1.165, 1.54) is 12.1 Å². The minimum atomic E-state index is -0.193. The summed E-state index contributed by atoms with van der Waals surface area (Å²) in [6.45, 7) is 3.20. The molecule has 2 N–H and O–H groups in total.